The minimum atomic E-state index is -1.81. The summed E-state index contributed by atoms with van der Waals surface area (Å²) in [6.07, 6.45) is 2.88. The number of Topliss-reactive ketones (excluding diaryl/α,β-unsaturated/α-hetero) is 1. The van der Waals surface area contributed by atoms with Crippen molar-refractivity contribution in [3.05, 3.63) is 42.0 Å². The minimum Gasteiger partial charge on any atom is -0.426 e. The molecule has 0 unspecified atom stereocenters. The van der Waals surface area contributed by atoms with Crippen LogP contribution in [-0.2, 0) is 19.1 Å². The number of carbonyl (C=O) groups excluding carboxylic acids is 2. The van der Waals surface area contributed by atoms with E-state index in [-0.39, 0.29) is 24.7 Å². The van der Waals surface area contributed by atoms with Gasteiger partial charge in [0.15, 0.2) is 0 Å². The molecule has 0 radical (unpaired) electrons. The van der Waals surface area contributed by atoms with Crippen LogP contribution in [0, 0.1) is 22.2 Å². The first-order valence-corrected chi connectivity index (χ1v) is 10.6. The number of carbonyl (C=O) groups is 2. The molecule has 6 nitrogen and oxygen atoms in total. The first kappa shape index (κ1) is 19.9. The molecule has 4 saturated carbocycles. The van der Waals surface area contributed by atoms with Crippen molar-refractivity contribution in [2.45, 2.75) is 57.5 Å². The standard InChI is InChI=1S/C24H28O6/c1-15-11-12-23(28)20(2)14-29-24(19(27)22(15,23)13-17(25)21(20,24)3)30-18(26)10-9-16-7-5-4-6-8-16/h4-10,15,19,27-28H,11-14H2,1-3H3/t15-,19-,20-,21-,22+,23+,24+/m0/s1. The van der Waals surface area contributed by atoms with E-state index in [9.17, 15) is 19.8 Å². The Balaban J connectivity index is 1.58. The summed E-state index contributed by atoms with van der Waals surface area (Å²) in [6.45, 7) is 5.53. The van der Waals surface area contributed by atoms with Crippen molar-refractivity contribution in [2.75, 3.05) is 6.61 Å². The van der Waals surface area contributed by atoms with Crippen molar-refractivity contribution in [3.8, 4) is 0 Å². The van der Waals surface area contributed by atoms with E-state index in [0.29, 0.717) is 12.8 Å². The number of aliphatic hydroxyl groups excluding tert-OH is 1. The monoisotopic (exact) mass is 412 g/mol. The lowest BCUT2D eigenvalue weighted by Crippen LogP contribution is -2.84. The molecule has 6 heteroatoms. The fraction of sp³-hybridized carbons (Fsp3) is 0.583. The number of esters is 1. The molecule has 7 atom stereocenters. The lowest BCUT2D eigenvalue weighted by molar-refractivity contribution is -0.369. The lowest BCUT2D eigenvalue weighted by Gasteiger charge is -2.70. The summed E-state index contributed by atoms with van der Waals surface area (Å²) in [4.78, 5) is 26.3. The highest BCUT2D eigenvalue weighted by atomic mass is 16.7. The van der Waals surface area contributed by atoms with Crippen molar-refractivity contribution >= 4 is 17.8 Å². The van der Waals surface area contributed by atoms with Gasteiger partial charge in [0.1, 0.15) is 17.3 Å². The topological polar surface area (TPSA) is 93.1 Å². The van der Waals surface area contributed by atoms with Crippen LogP contribution >= 0.6 is 0 Å². The molecule has 5 aliphatic rings. The normalized spacial score (nSPS) is 48.9. The van der Waals surface area contributed by atoms with Crippen LogP contribution in [-0.4, -0.2) is 46.1 Å². The fourth-order valence-corrected chi connectivity index (χ4v) is 7.22. The quantitative estimate of drug-likeness (QED) is 0.585. The molecule has 6 rings (SSSR count). The maximum atomic E-state index is 13.5. The number of ether oxygens (including phenoxy) is 2. The molecule has 0 amide bonds. The second-order valence-corrected chi connectivity index (χ2v) is 9.92. The molecule has 1 heterocycles. The molecule has 1 saturated heterocycles. The second kappa shape index (κ2) is 5.81. The smallest absolute Gasteiger partial charge is 0.333 e. The predicted molar refractivity (Wildman–Crippen MR) is 108 cm³/mol. The SMILES string of the molecule is C[C@H]1CC[C@]2(O)[C@]13CC(=O)[C@]1(C)[C@@](OC(=O)C=Cc4ccccc4)(OC[C@]21C)[C@H]3O. The van der Waals surface area contributed by atoms with Gasteiger partial charge >= 0.3 is 5.97 Å². The van der Waals surface area contributed by atoms with Crippen LogP contribution in [0.25, 0.3) is 6.08 Å². The van der Waals surface area contributed by atoms with E-state index in [1.165, 1.54) is 6.08 Å². The van der Waals surface area contributed by atoms with Crippen molar-refractivity contribution in [2.24, 2.45) is 22.2 Å². The zero-order chi connectivity index (χ0) is 21.6. The van der Waals surface area contributed by atoms with Crippen molar-refractivity contribution in [1.82, 2.24) is 0 Å². The van der Waals surface area contributed by atoms with Gasteiger partial charge in [-0.25, -0.2) is 4.79 Å². The molecule has 5 fully saturated rings. The summed E-state index contributed by atoms with van der Waals surface area (Å²) in [6, 6.07) is 9.31. The summed E-state index contributed by atoms with van der Waals surface area (Å²) < 4.78 is 11.9. The highest BCUT2D eigenvalue weighted by Crippen LogP contribution is 2.80. The van der Waals surface area contributed by atoms with E-state index in [2.05, 4.69) is 0 Å². The number of ketones is 1. The Morgan fingerprint density at radius 2 is 1.97 bits per heavy atom. The Kier molecular flexibility index (Phi) is 3.86. The molecular weight excluding hydrogens is 384 g/mol. The fourth-order valence-electron chi connectivity index (χ4n) is 7.22. The van der Waals surface area contributed by atoms with Crippen molar-refractivity contribution < 1.29 is 29.3 Å². The van der Waals surface area contributed by atoms with Gasteiger partial charge in [-0.2, -0.15) is 0 Å². The van der Waals surface area contributed by atoms with Gasteiger partial charge in [-0.1, -0.05) is 44.2 Å². The zero-order valence-corrected chi connectivity index (χ0v) is 17.6. The first-order chi connectivity index (χ1) is 14.1. The van der Waals surface area contributed by atoms with E-state index < -0.39 is 39.7 Å². The van der Waals surface area contributed by atoms with Gasteiger partial charge in [-0.05, 0) is 37.3 Å². The molecule has 1 spiro atoms. The Hall–Kier alpha value is -2.02. The second-order valence-electron chi connectivity index (χ2n) is 9.92. The highest BCUT2D eigenvalue weighted by molar-refractivity contribution is 5.93. The largest absolute Gasteiger partial charge is 0.426 e. The molecule has 2 N–H and O–H groups in total. The molecule has 0 aromatic heterocycles. The molecule has 1 aromatic rings. The van der Waals surface area contributed by atoms with Crippen LogP contribution in [0.1, 0.15) is 45.6 Å². The summed E-state index contributed by atoms with van der Waals surface area (Å²) in [7, 11) is 0. The Bertz CT molecular complexity index is 958. The lowest BCUT2D eigenvalue weighted by atomic mass is 9.35. The predicted octanol–water partition coefficient (Wildman–Crippen LogP) is 2.48. The molecule has 1 aliphatic heterocycles. The van der Waals surface area contributed by atoms with Crippen LogP contribution in [0.15, 0.2) is 36.4 Å². The minimum absolute atomic E-state index is 0.0486. The molecule has 4 aliphatic carbocycles. The van der Waals surface area contributed by atoms with Crippen LogP contribution < -0.4 is 0 Å². The Labute approximate surface area is 175 Å². The summed E-state index contributed by atoms with van der Waals surface area (Å²) in [5, 5.41) is 23.5. The summed E-state index contributed by atoms with van der Waals surface area (Å²) in [5.41, 5.74) is -3.81. The summed E-state index contributed by atoms with van der Waals surface area (Å²) in [5.74, 6) is -2.72. The van der Waals surface area contributed by atoms with Crippen molar-refractivity contribution in [1.29, 1.82) is 0 Å². The molecule has 30 heavy (non-hydrogen) atoms. The van der Waals surface area contributed by atoms with Gasteiger partial charge in [0.2, 0.25) is 0 Å². The molecule has 160 valence electrons. The van der Waals surface area contributed by atoms with E-state index in [1.54, 1.807) is 13.0 Å². The number of aliphatic hydroxyl groups is 2. The third-order valence-corrected chi connectivity index (χ3v) is 9.20. The van der Waals surface area contributed by atoms with Gasteiger partial charge in [-0.15, -0.1) is 0 Å². The molecular formula is C24H28O6. The highest BCUT2D eigenvalue weighted by Gasteiger charge is 2.92. The van der Waals surface area contributed by atoms with E-state index in [4.69, 9.17) is 9.47 Å². The third kappa shape index (κ3) is 1.84. The third-order valence-electron chi connectivity index (χ3n) is 9.20. The zero-order valence-electron chi connectivity index (χ0n) is 17.6. The van der Waals surface area contributed by atoms with Gasteiger partial charge < -0.3 is 19.7 Å². The average molecular weight is 412 g/mol. The number of benzene rings is 1. The van der Waals surface area contributed by atoms with E-state index >= 15 is 0 Å². The van der Waals surface area contributed by atoms with Crippen molar-refractivity contribution in [3.63, 3.8) is 0 Å². The van der Waals surface area contributed by atoms with Crippen LogP contribution in [0.2, 0.25) is 0 Å². The number of hydrogen-bond donors (Lipinski definition) is 2. The maximum Gasteiger partial charge on any atom is 0.333 e. The molecule has 4 bridgehead atoms. The maximum absolute atomic E-state index is 13.5. The molecule has 1 aromatic carbocycles. The van der Waals surface area contributed by atoms with Gasteiger partial charge in [0, 0.05) is 23.3 Å². The van der Waals surface area contributed by atoms with Gasteiger partial charge in [0.25, 0.3) is 5.79 Å². The van der Waals surface area contributed by atoms with E-state index in [1.807, 2.05) is 44.2 Å². The first-order valence-electron chi connectivity index (χ1n) is 10.6. The number of hydrogen-bond acceptors (Lipinski definition) is 6. The van der Waals surface area contributed by atoms with Gasteiger partial charge in [-0.3, -0.25) is 4.79 Å². The van der Waals surface area contributed by atoms with Crippen LogP contribution in [0.3, 0.4) is 0 Å². The Morgan fingerprint density at radius 3 is 2.67 bits per heavy atom. The summed E-state index contributed by atoms with van der Waals surface area (Å²) >= 11 is 0. The van der Waals surface area contributed by atoms with Crippen LogP contribution in [0.4, 0.5) is 0 Å². The van der Waals surface area contributed by atoms with Crippen LogP contribution in [0.5, 0.6) is 0 Å². The Morgan fingerprint density at radius 1 is 1.27 bits per heavy atom. The number of fused-ring (bicyclic) bond motifs is 1. The number of rotatable bonds is 3. The average Bonchev–Trinajstić information content (AvgIpc) is 3.12. The van der Waals surface area contributed by atoms with E-state index in [0.717, 1.165) is 5.56 Å². The van der Waals surface area contributed by atoms with Gasteiger partial charge in [0.05, 0.1) is 12.2 Å².